The first-order chi connectivity index (χ1) is 10.6. The van der Waals surface area contributed by atoms with E-state index in [1.807, 2.05) is 24.4 Å². The zero-order chi connectivity index (χ0) is 17.5. The van der Waals surface area contributed by atoms with Crippen molar-refractivity contribution in [1.29, 1.82) is 0 Å². The molecular weight excluding hydrogens is 322 g/mol. The highest BCUT2D eigenvalue weighted by atomic mass is 32.1. The van der Waals surface area contributed by atoms with Crippen LogP contribution in [-0.2, 0) is 5.60 Å². The van der Waals surface area contributed by atoms with E-state index in [2.05, 4.69) is 38.8 Å². The van der Waals surface area contributed by atoms with E-state index in [1.165, 1.54) is 11.3 Å². The fourth-order valence-electron chi connectivity index (χ4n) is 2.80. The van der Waals surface area contributed by atoms with Gasteiger partial charge in [0.1, 0.15) is 16.4 Å². The molecule has 126 valence electrons. The molecule has 1 aromatic carbocycles. The number of phenolic OH excluding ortho intramolecular Hbond substituents is 1. The molecule has 5 heteroatoms. The van der Waals surface area contributed by atoms with Gasteiger partial charge in [0.05, 0.1) is 8.07 Å². The van der Waals surface area contributed by atoms with E-state index in [-0.39, 0.29) is 10.8 Å². The summed E-state index contributed by atoms with van der Waals surface area (Å²) in [6.45, 7) is 13.1. The fourth-order valence-corrected chi connectivity index (χ4v) is 6.06. The van der Waals surface area contributed by atoms with Crippen LogP contribution in [0.15, 0.2) is 29.8 Å². The second-order valence-corrected chi connectivity index (χ2v) is 13.8. The lowest BCUT2D eigenvalue weighted by Crippen LogP contribution is -2.53. The molecule has 3 nitrogen and oxygen atoms in total. The van der Waals surface area contributed by atoms with E-state index in [0.29, 0.717) is 11.4 Å². The van der Waals surface area contributed by atoms with Crippen molar-refractivity contribution in [1.82, 2.24) is 4.98 Å². The van der Waals surface area contributed by atoms with E-state index < -0.39 is 13.7 Å². The van der Waals surface area contributed by atoms with Crippen LogP contribution in [0.5, 0.6) is 5.75 Å². The van der Waals surface area contributed by atoms with Crippen molar-refractivity contribution in [3.63, 3.8) is 0 Å². The topological polar surface area (TPSA) is 53.4 Å². The third-order valence-electron chi connectivity index (χ3n) is 5.29. The minimum Gasteiger partial charge on any atom is -0.508 e. The lowest BCUT2D eigenvalue weighted by molar-refractivity contribution is 0.0770. The maximum absolute atomic E-state index is 11.4. The van der Waals surface area contributed by atoms with E-state index in [9.17, 15) is 10.2 Å². The highest BCUT2D eigenvalue weighted by molar-refractivity contribution is 7.09. The SMILES string of the molecule is CCC(O)(c1nccs1)c1cccc(O)c1[Si](C)(C)C(C)(C)C. The van der Waals surface area contributed by atoms with Crippen LogP contribution in [0.2, 0.25) is 18.1 Å². The number of hydrogen-bond donors (Lipinski definition) is 2. The molecule has 0 bridgehead atoms. The Morgan fingerprint density at radius 1 is 1.22 bits per heavy atom. The second kappa shape index (κ2) is 6.04. The Balaban J connectivity index is 2.77. The first-order valence-electron chi connectivity index (χ1n) is 8.01. The highest BCUT2D eigenvalue weighted by Crippen LogP contribution is 2.41. The molecule has 0 saturated carbocycles. The standard InChI is InChI=1S/C18H27NO2SSi/c1-7-18(21,16-19-11-12-22-16)13-9-8-10-14(20)15(13)23(5,6)17(2,3)4/h8-12,20-21H,7H2,1-6H3. The summed E-state index contributed by atoms with van der Waals surface area (Å²) in [4.78, 5) is 4.35. The molecule has 2 rings (SSSR count). The minimum atomic E-state index is -2.04. The van der Waals surface area contributed by atoms with Crippen LogP contribution in [0.4, 0.5) is 0 Å². The molecule has 1 unspecified atom stereocenters. The number of aromatic nitrogens is 1. The smallest absolute Gasteiger partial charge is 0.141 e. The van der Waals surface area contributed by atoms with Gasteiger partial charge >= 0.3 is 0 Å². The summed E-state index contributed by atoms with van der Waals surface area (Å²) in [5.74, 6) is 0.289. The van der Waals surface area contributed by atoms with Crippen molar-refractivity contribution in [2.24, 2.45) is 0 Å². The van der Waals surface area contributed by atoms with E-state index in [1.54, 1.807) is 12.3 Å². The zero-order valence-corrected chi connectivity index (χ0v) is 16.7. The largest absolute Gasteiger partial charge is 0.508 e. The van der Waals surface area contributed by atoms with Crippen LogP contribution >= 0.6 is 11.3 Å². The van der Waals surface area contributed by atoms with Gasteiger partial charge in [0, 0.05) is 11.6 Å². The molecule has 0 spiro atoms. The predicted octanol–water partition coefficient (Wildman–Crippen LogP) is 4.21. The molecule has 1 heterocycles. The van der Waals surface area contributed by atoms with E-state index >= 15 is 0 Å². The monoisotopic (exact) mass is 349 g/mol. The molecule has 23 heavy (non-hydrogen) atoms. The molecule has 0 amide bonds. The van der Waals surface area contributed by atoms with Crippen LogP contribution in [0, 0.1) is 0 Å². The molecular formula is C18H27NO2SSi. The zero-order valence-electron chi connectivity index (χ0n) is 14.8. The maximum atomic E-state index is 11.4. The van der Waals surface area contributed by atoms with Crippen molar-refractivity contribution in [3.8, 4) is 5.75 Å². The van der Waals surface area contributed by atoms with Gasteiger partial charge in [0.15, 0.2) is 0 Å². The normalized spacial score (nSPS) is 15.4. The van der Waals surface area contributed by atoms with Crippen molar-refractivity contribution < 1.29 is 10.2 Å². The van der Waals surface area contributed by atoms with Crippen LogP contribution in [0.3, 0.4) is 0 Å². The number of phenols is 1. The Kier molecular flexibility index (Phi) is 4.77. The molecule has 0 fully saturated rings. The molecule has 1 atom stereocenters. The molecule has 1 aromatic heterocycles. The Hall–Kier alpha value is -1.17. The lowest BCUT2D eigenvalue weighted by atomic mass is 9.91. The van der Waals surface area contributed by atoms with Crippen LogP contribution in [0.25, 0.3) is 0 Å². The summed E-state index contributed by atoms with van der Waals surface area (Å²) in [5.41, 5.74) is -0.348. The number of aromatic hydroxyl groups is 1. The van der Waals surface area contributed by atoms with E-state index in [4.69, 9.17) is 0 Å². The summed E-state index contributed by atoms with van der Waals surface area (Å²) in [7, 11) is -2.04. The van der Waals surface area contributed by atoms with Crippen molar-refractivity contribution in [3.05, 3.63) is 40.3 Å². The average Bonchev–Trinajstić information content (AvgIpc) is 2.99. The summed E-state index contributed by atoms with van der Waals surface area (Å²) < 4.78 is 0. The highest BCUT2D eigenvalue weighted by Gasteiger charge is 2.45. The van der Waals surface area contributed by atoms with Gasteiger partial charge in [-0.2, -0.15) is 0 Å². The lowest BCUT2D eigenvalue weighted by Gasteiger charge is -2.41. The third kappa shape index (κ3) is 2.97. The maximum Gasteiger partial charge on any atom is 0.141 e. The van der Waals surface area contributed by atoms with Crippen LogP contribution in [0.1, 0.15) is 44.7 Å². The second-order valence-electron chi connectivity index (χ2n) is 7.63. The quantitative estimate of drug-likeness (QED) is 0.813. The average molecular weight is 350 g/mol. The van der Waals surface area contributed by atoms with Crippen molar-refractivity contribution >= 4 is 24.6 Å². The Morgan fingerprint density at radius 2 is 1.87 bits per heavy atom. The Labute approximate surface area is 144 Å². The fraction of sp³-hybridized carbons (Fsp3) is 0.500. The Morgan fingerprint density at radius 3 is 2.35 bits per heavy atom. The van der Waals surface area contributed by atoms with E-state index in [0.717, 1.165) is 10.8 Å². The number of hydrogen-bond acceptors (Lipinski definition) is 4. The summed E-state index contributed by atoms with van der Waals surface area (Å²) >= 11 is 1.45. The number of rotatable bonds is 4. The van der Waals surface area contributed by atoms with Gasteiger partial charge in [-0.1, -0.05) is 52.9 Å². The minimum absolute atomic E-state index is 0.0537. The van der Waals surface area contributed by atoms with Crippen molar-refractivity contribution in [2.45, 2.75) is 57.8 Å². The first-order valence-corrected chi connectivity index (χ1v) is 11.9. The van der Waals surface area contributed by atoms with Crippen molar-refractivity contribution in [2.75, 3.05) is 0 Å². The third-order valence-corrected chi connectivity index (χ3v) is 11.7. The van der Waals surface area contributed by atoms with Crippen LogP contribution in [-0.4, -0.2) is 23.3 Å². The number of nitrogens with zero attached hydrogens (tertiary/aromatic N) is 1. The molecule has 0 aliphatic rings. The molecule has 0 saturated heterocycles. The molecule has 2 N–H and O–H groups in total. The molecule has 0 radical (unpaired) electrons. The number of benzene rings is 1. The molecule has 0 aliphatic carbocycles. The summed E-state index contributed by atoms with van der Waals surface area (Å²) in [6, 6.07) is 5.49. The molecule has 0 aliphatic heterocycles. The van der Waals surface area contributed by atoms with Gasteiger partial charge in [0.2, 0.25) is 0 Å². The summed E-state index contributed by atoms with van der Waals surface area (Å²) in [5, 5.41) is 25.7. The van der Waals surface area contributed by atoms with Gasteiger partial charge in [-0.05, 0) is 28.3 Å². The van der Waals surface area contributed by atoms with Gasteiger partial charge < -0.3 is 10.2 Å². The van der Waals surface area contributed by atoms with Gasteiger partial charge in [-0.3, -0.25) is 0 Å². The summed E-state index contributed by atoms with van der Waals surface area (Å²) in [6.07, 6.45) is 2.24. The molecule has 2 aromatic rings. The first kappa shape index (κ1) is 18.2. The number of aliphatic hydroxyl groups is 1. The van der Waals surface area contributed by atoms with Crippen LogP contribution < -0.4 is 5.19 Å². The van der Waals surface area contributed by atoms with Gasteiger partial charge in [0.25, 0.3) is 0 Å². The van der Waals surface area contributed by atoms with Gasteiger partial charge in [-0.25, -0.2) is 4.98 Å². The number of thiazole rings is 1. The van der Waals surface area contributed by atoms with Gasteiger partial charge in [-0.15, -0.1) is 11.3 Å². The Bertz CT molecular complexity index is 677. The predicted molar refractivity (Wildman–Crippen MR) is 100 cm³/mol.